The number of piperidine rings is 1. The highest BCUT2D eigenvalue weighted by molar-refractivity contribution is 5.97. The maximum Gasteiger partial charge on any atom is 0.234 e. The molecule has 1 aliphatic carbocycles. The molecule has 1 unspecified atom stereocenters. The number of Topliss-reactive ketones (excluding diaryl/α,β-unsaturated/α-hetero) is 1. The summed E-state index contributed by atoms with van der Waals surface area (Å²) in [4.78, 5) is 27.4. The van der Waals surface area contributed by atoms with Gasteiger partial charge in [0, 0.05) is 11.5 Å². The van der Waals surface area contributed by atoms with Gasteiger partial charge in [-0.2, -0.15) is 0 Å². The van der Waals surface area contributed by atoms with E-state index in [1.54, 1.807) is 0 Å². The Bertz CT molecular complexity index is 826. The molecule has 1 atom stereocenters. The van der Waals surface area contributed by atoms with Gasteiger partial charge in [-0.05, 0) is 56.3 Å². The second-order valence-electron chi connectivity index (χ2n) is 7.99. The molecule has 0 aromatic heterocycles. The molecule has 1 heterocycles. The third kappa shape index (κ3) is 4.33. The predicted molar refractivity (Wildman–Crippen MR) is 110 cm³/mol. The first kappa shape index (κ1) is 18.9. The molecule has 2 aromatic rings. The Balaban J connectivity index is 1.27. The van der Waals surface area contributed by atoms with E-state index in [9.17, 15) is 9.59 Å². The van der Waals surface area contributed by atoms with E-state index < -0.39 is 0 Å². The van der Waals surface area contributed by atoms with Crippen LogP contribution >= 0.6 is 0 Å². The highest BCUT2D eigenvalue weighted by Crippen LogP contribution is 2.29. The van der Waals surface area contributed by atoms with Crippen LogP contribution < -0.4 is 5.32 Å². The van der Waals surface area contributed by atoms with Gasteiger partial charge in [0.2, 0.25) is 5.91 Å². The molecule has 1 aliphatic heterocycles. The van der Waals surface area contributed by atoms with Crippen LogP contribution in [0.5, 0.6) is 0 Å². The van der Waals surface area contributed by atoms with Crippen LogP contribution in [0.25, 0.3) is 0 Å². The molecule has 2 aromatic carbocycles. The molecular formula is C24H28N2O2. The number of hydrogen-bond acceptors (Lipinski definition) is 3. The number of nitrogens with zero attached hydrogens (tertiary/aromatic N) is 1. The van der Waals surface area contributed by atoms with Crippen LogP contribution in [0.2, 0.25) is 0 Å². The maximum absolute atomic E-state index is 12.6. The normalized spacial score (nSPS) is 20.4. The molecule has 0 bridgehead atoms. The van der Waals surface area contributed by atoms with Gasteiger partial charge < -0.3 is 5.32 Å². The second kappa shape index (κ2) is 8.70. The highest BCUT2D eigenvalue weighted by Gasteiger charge is 2.27. The minimum Gasteiger partial charge on any atom is -0.348 e. The number of carbonyl (C=O) groups is 2. The number of likely N-dealkylation sites (tertiary alicyclic amines) is 1. The Morgan fingerprint density at radius 3 is 2.43 bits per heavy atom. The molecule has 4 nitrogen and oxygen atoms in total. The Labute approximate surface area is 166 Å². The number of amides is 1. The number of fused-ring (bicyclic) bond motifs is 1. The van der Waals surface area contributed by atoms with Crippen molar-refractivity contribution >= 4 is 11.7 Å². The third-order valence-corrected chi connectivity index (χ3v) is 6.09. The van der Waals surface area contributed by atoms with Gasteiger partial charge in [-0.15, -0.1) is 0 Å². The number of ketones is 1. The summed E-state index contributed by atoms with van der Waals surface area (Å²) < 4.78 is 0. The van der Waals surface area contributed by atoms with Gasteiger partial charge in [-0.25, -0.2) is 0 Å². The second-order valence-corrected chi connectivity index (χ2v) is 7.99. The van der Waals surface area contributed by atoms with E-state index >= 15 is 0 Å². The minimum atomic E-state index is 0.0759. The van der Waals surface area contributed by atoms with Crippen LogP contribution in [0.3, 0.4) is 0 Å². The summed E-state index contributed by atoms with van der Waals surface area (Å²) in [5, 5.41) is 3.23. The molecule has 0 saturated carbocycles. The van der Waals surface area contributed by atoms with Gasteiger partial charge in [0.05, 0.1) is 12.6 Å². The molecule has 2 aliphatic rings. The topological polar surface area (TPSA) is 49.4 Å². The molecular weight excluding hydrogens is 348 g/mol. The first-order valence-corrected chi connectivity index (χ1v) is 10.4. The van der Waals surface area contributed by atoms with Gasteiger partial charge in [-0.3, -0.25) is 14.5 Å². The van der Waals surface area contributed by atoms with E-state index in [4.69, 9.17) is 0 Å². The molecule has 4 heteroatoms. The van der Waals surface area contributed by atoms with Crippen molar-refractivity contribution in [3.63, 3.8) is 0 Å². The summed E-state index contributed by atoms with van der Waals surface area (Å²) >= 11 is 0. The van der Waals surface area contributed by atoms with E-state index in [1.165, 1.54) is 11.1 Å². The number of hydrogen-bond donors (Lipinski definition) is 1. The molecule has 4 rings (SSSR count). The molecule has 0 spiro atoms. The van der Waals surface area contributed by atoms with Crippen molar-refractivity contribution in [1.82, 2.24) is 10.2 Å². The first-order valence-electron chi connectivity index (χ1n) is 10.4. The standard InChI is InChI=1S/C24H28N2O2/c27-23(25-22-12-6-10-18-7-4-5-11-21(18)22)17-26-15-13-20(14-16-26)24(28)19-8-2-1-3-9-19/h1-5,7-9,11,20,22H,6,10,12-17H2,(H,25,27). The lowest BCUT2D eigenvalue weighted by atomic mass is 9.87. The van der Waals surface area contributed by atoms with Gasteiger partial charge in [0.1, 0.15) is 0 Å². The summed E-state index contributed by atoms with van der Waals surface area (Å²) in [6, 6.07) is 18.1. The lowest BCUT2D eigenvalue weighted by Gasteiger charge is -2.32. The molecule has 1 amide bonds. The van der Waals surface area contributed by atoms with Crippen molar-refractivity contribution in [1.29, 1.82) is 0 Å². The number of nitrogens with one attached hydrogen (secondary N) is 1. The van der Waals surface area contributed by atoms with Gasteiger partial charge in [0.25, 0.3) is 0 Å². The molecule has 1 saturated heterocycles. The van der Waals surface area contributed by atoms with E-state index in [-0.39, 0.29) is 23.7 Å². The van der Waals surface area contributed by atoms with Crippen molar-refractivity contribution in [2.45, 2.75) is 38.1 Å². The van der Waals surface area contributed by atoms with Crippen LogP contribution in [0.1, 0.15) is 53.2 Å². The zero-order valence-electron chi connectivity index (χ0n) is 16.3. The summed E-state index contributed by atoms with van der Waals surface area (Å²) in [5.41, 5.74) is 3.43. The lowest BCUT2D eigenvalue weighted by Crippen LogP contribution is -2.43. The van der Waals surface area contributed by atoms with E-state index in [0.29, 0.717) is 6.54 Å². The van der Waals surface area contributed by atoms with Gasteiger partial charge in [0.15, 0.2) is 5.78 Å². The van der Waals surface area contributed by atoms with Crippen LogP contribution in [0.4, 0.5) is 0 Å². The average Bonchev–Trinajstić information content (AvgIpc) is 2.75. The summed E-state index contributed by atoms with van der Waals surface area (Å²) in [5.74, 6) is 0.407. The van der Waals surface area contributed by atoms with E-state index in [1.807, 2.05) is 30.3 Å². The number of rotatable bonds is 5. The fraction of sp³-hybridized carbons (Fsp3) is 0.417. The average molecular weight is 377 g/mol. The largest absolute Gasteiger partial charge is 0.348 e. The quantitative estimate of drug-likeness (QED) is 0.808. The Morgan fingerprint density at radius 1 is 0.929 bits per heavy atom. The van der Waals surface area contributed by atoms with Crippen molar-refractivity contribution in [2.75, 3.05) is 19.6 Å². The van der Waals surface area contributed by atoms with Crippen molar-refractivity contribution in [2.24, 2.45) is 5.92 Å². The van der Waals surface area contributed by atoms with Crippen molar-refractivity contribution in [3.8, 4) is 0 Å². The van der Waals surface area contributed by atoms with Crippen LogP contribution in [0, 0.1) is 5.92 Å². The van der Waals surface area contributed by atoms with E-state index in [0.717, 1.165) is 50.8 Å². The Kier molecular flexibility index (Phi) is 5.87. The van der Waals surface area contributed by atoms with Crippen LogP contribution in [-0.2, 0) is 11.2 Å². The summed E-state index contributed by atoms with van der Waals surface area (Å²) in [7, 11) is 0. The summed E-state index contributed by atoms with van der Waals surface area (Å²) in [6.45, 7) is 2.03. The first-order chi connectivity index (χ1) is 13.7. The number of aryl methyl sites for hydroxylation is 1. The fourth-order valence-electron chi connectivity index (χ4n) is 4.54. The SMILES string of the molecule is O=C(CN1CCC(C(=O)c2ccccc2)CC1)NC1CCCc2ccccc21. The van der Waals surface area contributed by atoms with Crippen LogP contribution in [-0.4, -0.2) is 36.2 Å². The van der Waals surface area contributed by atoms with Crippen molar-refractivity contribution in [3.05, 3.63) is 71.3 Å². The Hall–Kier alpha value is -2.46. The Morgan fingerprint density at radius 2 is 1.64 bits per heavy atom. The van der Waals surface area contributed by atoms with Crippen molar-refractivity contribution < 1.29 is 9.59 Å². The zero-order valence-corrected chi connectivity index (χ0v) is 16.3. The van der Waals surface area contributed by atoms with Gasteiger partial charge in [-0.1, -0.05) is 54.6 Å². The molecule has 1 N–H and O–H groups in total. The smallest absolute Gasteiger partial charge is 0.234 e. The molecule has 1 fully saturated rings. The van der Waals surface area contributed by atoms with Crippen LogP contribution in [0.15, 0.2) is 54.6 Å². The number of carbonyl (C=O) groups excluding carboxylic acids is 2. The molecule has 146 valence electrons. The molecule has 0 radical (unpaired) electrons. The highest BCUT2D eigenvalue weighted by atomic mass is 16.2. The van der Waals surface area contributed by atoms with Gasteiger partial charge >= 0.3 is 0 Å². The third-order valence-electron chi connectivity index (χ3n) is 6.09. The monoisotopic (exact) mass is 376 g/mol. The molecule has 28 heavy (non-hydrogen) atoms. The lowest BCUT2D eigenvalue weighted by molar-refractivity contribution is -0.123. The predicted octanol–water partition coefficient (Wildman–Crippen LogP) is 3.78. The zero-order chi connectivity index (χ0) is 19.3. The van der Waals surface area contributed by atoms with E-state index in [2.05, 4.69) is 34.5 Å². The maximum atomic E-state index is 12.6. The summed E-state index contributed by atoms with van der Waals surface area (Å²) in [6.07, 6.45) is 4.89. The number of benzene rings is 2. The minimum absolute atomic E-state index is 0.0759. The fourth-order valence-corrected chi connectivity index (χ4v) is 4.54.